The molecule has 0 bridgehead atoms. The molecular weight excluding hydrogens is 376 g/mol. The van der Waals surface area contributed by atoms with Crippen LogP contribution < -0.4 is 9.47 Å². The predicted molar refractivity (Wildman–Crippen MR) is 103 cm³/mol. The predicted octanol–water partition coefficient (Wildman–Crippen LogP) is 2.38. The van der Waals surface area contributed by atoms with Crippen molar-refractivity contribution in [3.8, 4) is 11.5 Å². The van der Waals surface area contributed by atoms with Gasteiger partial charge in [0.1, 0.15) is 17.6 Å². The van der Waals surface area contributed by atoms with E-state index in [1.807, 2.05) is 19.0 Å². The maximum absolute atomic E-state index is 12.8. The monoisotopic (exact) mass is 398 g/mol. The van der Waals surface area contributed by atoms with Gasteiger partial charge < -0.3 is 28.8 Å². The van der Waals surface area contributed by atoms with Gasteiger partial charge in [0.2, 0.25) is 6.79 Å². The SMILES string of the molecule is CN(C)CCCN1C(=O)C(=O)C(=C(O)c2ccc3c(c2)OCO3)[C@H]1c1ccco1. The maximum atomic E-state index is 12.8. The van der Waals surface area contributed by atoms with Crippen LogP contribution in [0.15, 0.2) is 46.6 Å². The fourth-order valence-corrected chi connectivity index (χ4v) is 3.61. The highest BCUT2D eigenvalue weighted by Crippen LogP contribution is 2.41. The Morgan fingerprint density at radius 3 is 2.72 bits per heavy atom. The number of nitrogens with zero attached hydrogens (tertiary/aromatic N) is 2. The topological polar surface area (TPSA) is 92.5 Å². The molecule has 0 saturated carbocycles. The molecular formula is C21H22N2O6. The Morgan fingerprint density at radius 1 is 1.21 bits per heavy atom. The molecule has 1 fully saturated rings. The van der Waals surface area contributed by atoms with Crippen LogP contribution in [0.5, 0.6) is 11.5 Å². The van der Waals surface area contributed by atoms with Gasteiger partial charge in [-0.3, -0.25) is 9.59 Å². The summed E-state index contributed by atoms with van der Waals surface area (Å²) in [5.41, 5.74) is 0.380. The van der Waals surface area contributed by atoms with Crippen molar-refractivity contribution in [1.82, 2.24) is 9.80 Å². The maximum Gasteiger partial charge on any atom is 0.295 e. The van der Waals surface area contributed by atoms with Crippen LogP contribution in [0.2, 0.25) is 0 Å². The number of hydrogen-bond acceptors (Lipinski definition) is 7. The highest BCUT2D eigenvalue weighted by atomic mass is 16.7. The van der Waals surface area contributed by atoms with Crippen LogP contribution in [0.4, 0.5) is 0 Å². The third kappa shape index (κ3) is 3.47. The second kappa shape index (κ2) is 7.63. The van der Waals surface area contributed by atoms with Crippen LogP contribution in [0, 0.1) is 0 Å². The lowest BCUT2D eigenvalue weighted by atomic mass is 9.99. The number of carbonyl (C=O) groups excluding carboxylic acids is 2. The van der Waals surface area contributed by atoms with Crippen molar-refractivity contribution in [1.29, 1.82) is 0 Å². The number of fused-ring (bicyclic) bond motifs is 1. The van der Waals surface area contributed by atoms with Gasteiger partial charge >= 0.3 is 0 Å². The molecule has 29 heavy (non-hydrogen) atoms. The molecule has 0 spiro atoms. The van der Waals surface area contributed by atoms with Crippen molar-refractivity contribution in [3.63, 3.8) is 0 Å². The van der Waals surface area contributed by atoms with Gasteiger partial charge in [-0.1, -0.05) is 0 Å². The molecule has 2 aliphatic heterocycles. The van der Waals surface area contributed by atoms with Crippen LogP contribution in [0.25, 0.3) is 5.76 Å². The molecule has 1 saturated heterocycles. The van der Waals surface area contributed by atoms with Crippen molar-refractivity contribution in [2.24, 2.45) is 0 Å². The number of aliphatic hydroxyl groups is 1. The number of carbonyl (C=O) groups is 2. The van der Waals surface area contributed by atoms with Gasteiger partial charge in [-0.15, -0.1) is 0 Å². The molecule has 4 rings (SSSR count). The summed E-state index contributed by atoms with van der Waals surface area (Å²) in [4.78, 5) is 29.1. The van der Waals surface area contributed by atoms with Crippen LogP contribution in [-0.4, -0.2) is 60.6 Å². The van der Waals surface area contributed by atoms with Gasteiger partial charge in [-0.05, 0) is 57.4 Å². The van der Waals surface area contributed by atoms with Gasteiger partial charge in [0.05, 0.1) is 11.8 Å². The summed E-state index contributed by atoms with van der Waals surface area (Å²) in [6.07, 6.45) is 2.16. The van der Waals surface area contributed by atoms with Crippen molar-refractivity contribution in [2.75, 3.05) is 34.0 Å². The number of hydrogen-bond donors (Lipinski definition) is 1. The fourth-order valence-electron chi connectivity index (χ4n) is 3.61. The average molecular weight is 398 g/mol. The number of benzene rings is 1. The van der Waals surface area contributed by atoms with Crippen LogP contribution in [-0.2, 0) is 9.59 Å². The van der Waals surface area contributed by atoms with Crippen LogP contribution >= 0.6 is 0 Å². The summed E-state index contributed by atoms with van der Waals surface area (Å²) in [5.74, 6) is -0.176. The van der Waals surface area contributed by atoms with E-state index in [-0.39, 0.29) is 18.1 Å². The summed E-state index contributed by atoms with van der Waals surface area (Å²) >= 11 is 0. The number of ketones is 1. The lowest BCUT2D eigenvalue weighted by molar-refractivity contribution is -0.140. The Kier molecular flexibility index (Phi) is 5.02. The van der Waals surface area contributed by atoms with Gasteiger partial charge in [0.25, 0.3) is 11.7 Å². The normalized spacial score (nSPS) is 20.1. The molecule has 8 heteroatoms. The van der Waals surface area contributed by atoms with E-state index in [1.165, 1.54) is 11.2 Å². The molecule has 1 aromatic heterocycles. The first-order valence-corrected chi connectivity index (χ1v) is 9.34. The van der Waals surface area contributed by atoms with E-state index in [0.29, 0.717) is 35.8 Å². The standard InChI is InChI=1S/C21H22N2O6/c1-22(2)8-4-9-23-18(15-5-3-10-27-15)17(20(25)21(23)26)19(24)13-6-7-14-16(11-13)29-12-28-14/h3,5-7,10-11,18,24H,4,8-9,12H2,1-2H3/t18-/m1/s1. The zero-order chi connectivity index (χ0) is 20.5. The van der Waals surface area contributed by atoms with E-state index < -0.39 is 17.7 Å². The quantitative estimate of drug-likeness (QED) is 0.454. The van der Waals surface area contributed by atoms with E-state index >= 15 is 0 Å². The molecule has 3 heterocycles. The number of aliphatic hydroxyl groups excluding tert-OH is 1. The van der Waals surface area contributed by atoms with E-state index in [0.717, 1.165) is 6.54 Å². The van der Waals surface area contributed by atoms with Gasteiger partial charge in [0.15, 0.2) is 11.5 Å². The Hall–Kier alpha value is -3.26. The summed E-state index contributed by atoms with van der Waals surface area (Å²) < 4.78 is 16.2. The smallest absolute Gasteiger partial charge is 0.295 e. The Balaban J connectivity index is 1.74. The minimum absolute atomic E-state index is 0.00803. The van der Waals surface area contributed by atoms with E-state index in [4.69, 9.17) is 13.9 Å². The molecule has 1 N–H and O–H groups in total. The first kappa shape index (κ1) is 19.1. The fraction of sp³-hybridized carbons (Fsp3) is 0.333. The molecule has 8 nitrogen and oxygen atoms in total. The summed E-state index contributed by atoms with van der Waals surface area (Å²) in [5, 5.41) is 11.0. The number of rotatable bonds is 6. The third-order valence-electron chi connectivity index (χ3n) is 5.00. The molecule has 0 unspecified atom stereocenters. The van der Waals surface area contributed by atoms with E-state index in [1.54, 1.807) is 30.3 Å². The molecule has 0 radical (unpaired) electrons. The zero-order valence-electron chi connectivity index (χ0n) is 16.3. The summed E-state index contributed by atoms with van der Waals surface area (Å²) in [6.45, 7) is 1.23. The van der Waals surface area contributed by atoms with Gasteiger partial charge in [0, 0.05) is 12.1 Å². The van der Waals surface area contributed by atoms with E-state index in [9.17, 15) is 14.7 Å². The number of furan rings is 1. The Labute approximate surface area is 167 Å². The highest BCUT2D eigenvalue weighted by Gasteiger charge is 2.47. The Morgan fingerprint density at radius 2 is 2.00 bits per heavy atom. The van der Waals surface area contributed by atoms with Crippen molar-refractivity contribution >= 4 is 17.4 Å². The Bertz CT molecular complexity index is 964. The van der Waals surface area contributed by atoms with Crippen LogP contribution in [0.3, 0.4) is 0 Å². The number of Topliss-reactive ketones (excluding diaryl/α,β-unsaturated/α-hetero) is 1. The van der Waals surface area contributed by atoms with E-state index in [2.05, 4.69) is 0 Å². The molecule has 1 aromatic carbocycles. The average Bonchev–Trinajstić information content (AvgIpc) is 3.43. The van der Waals surface area contributed by atoms with Gasteiger partial charge in [-0.25, -0.2) is 0 Å². The molecule has 1 amide bonds. The lowest BCUT2D eigenvalue weighted by Gasteiger charge is -2.24. The zero-order valence-corrected chi connectivity index (χ0v) is 16.3. The first-order valence-electron chi connectivity index (χ1n) is 9.34. The molecule has 152 valence electrons. The molecule has 1 atom stereocenters. The summed E-state index contributed by atoms with van der Waals surface area (Å²) in [6, 6.07) is 7.49. The number of likely N-dealkylation sites (tertiary alicyclic amines) is 1. The molecule has 2 aliphatic rings. The minimum atomic E-state index is -0.780. The second-order valence-electron chi connectivity index (χ2n) is 7.23. The minimum Gasteiger partial charge on any atom is -0.507 e. The second-order valence-corrected chi connectivity index (χ2v) is 7.23. The number of ether oxygens (including phenoxy) is 2. The highest BCUT2D eigenvalue weighted by molar-refractivity contribution is 6.46. The van der Waals surface area contributed by atoms with Gasteiger partial charge in [-0.2, -0.15) is 0 Å². The van der Waals surface area contributed by atoms with Crippen molar-refractivity contribution in [2.45, 2.75) is 12.5 Å². The third-order valence-corrected chi connectivity index (χ3v) is 5.00. The number of amides is 1. The van der Waals surface area contributed by atoms with Crippen molar-refractivity contribution in [3.05, 3.63) is 53.5 Å². The largest absolute Gasteiger partial charge is 0.507 e. The molecule has 0 aliphatic carbocycles. The summed E-state index contributed by atoms with van der Waals surface area (Å²) in [7, 11) is 3.88. The lowest BCUT2D eigenvalue weighted by Crippen LogP contribution is -2.32. The van der Waals surface area contributed by atoms with Crippen molar-refractivity contribution < 1.29 is 28.6 Å². The van der Waals surface area contributed by atoms with Crippen LogP contribution in [0.1, 0.15) is 23.8 Å². The first-order chi connectivity index (χ1) is 14.0. The molecule has 2 aromatic rings.